The van der Waals surface area contributed by atoms with Crippen molar-refractivity contribution >= 4 is 41.2 Å². The van der Waals surface area contributed by atoms with E-state index < -0.39 is 23.8 Å². The summed E-state index contributed by atoms with van der Waals surface area (Å²) in [5.74, 6) is -1.29. The van der Waals surface area contributed by atoms with Crippen LogP contribution in [0.25, 0.3) is 0 Å². The topological polar surface area (TPSA) is 105 Å². The fourth-order valence-electron chi connectivity index (χ4n) is 3.01. The van der Waals surface area contributed by atoms with E-state index in [0.29, 0.717) is 48.1 Å². The molecule has 28 heavy (non-hydrogen) atoms. The monoisotopic (exact) mass is 432 g/mol. The van der Waals surface area contributed by atoms with Gasteiger partial charge in [0, 0.05) is 42.5 Å². The third kappa shape index (κ3) is 6.25. The molecule has 0 aliphatic carbocycles. The van der Waals surface area contributed by atoms with Gasteiger partial charge >= 0.3 is 12.1 Å². The van der Waals surface area contributed by atoms with Crippen LogP contribution in [0.3, 0.4) is 0 Å². The Morgan fingerprint density at radius 2 is 1.82 bits per heavy atom. The average Bonchev–Trinajstić information content (AvgIpc) is 2.64. The summed E-state index contributed by atoms with van der Waals surface area (Å²) in [5, 5.41) is 12.3. The average molecular weight is 433 g/mol. The molecule has 1 amide bonds. The van der Waals surface area contributed by atoms with Crippen LogP contribution in [0.2, 0.25) is 10.0 Å². The highest BCUT2D eigenvalue weighted by atomic mass is 35.5. The van der Waals surface area contributed by atoms with E-state index >= 15 is 0 Å². The molecule has 0 atom stereocenters. The van der Waals surface area contributed by atoms with E-state index in [1.54, 1.807) is 18.2 Å². The number of hydrogen-bond donors (Lipinski definition) is 2. The van der Waals surface area contributed by atoms with Gasteiger partial charge in [0.1, 0.15) is 0 Å². The second-order valence-corrected chi connectivity index (χ2v) is 7.28. The zero-order valence-electron chi connectivity index (χ0n) is 15.4. The first-order chi connectivity index (χ1) is 13.2. The second kappa shape index (κ2) is 9.95. The van der Waals surface area contributed by atoms with Crippen LogP contribution in [0, 0.1) is 0 Å². The summed E-state index contributed by atoms with van der Waals surface area (Å²) in [6.07, 6.45) is -0.376. The molecule has 0 aromatic heterocycles. The molecule has 1 saturated heterocycles. The van der Waals surface area contributed by atoms with Crippen LogP contribution in [0.4, 0.5) is 4.79 Å². The number of methoxy groups -OCH3 is 1. The summed E-state index contributed by atoms with van der Waals surface area (Å²) in [5.41, 5.74) is -0.757. The van der Waals surface area contributed by atoms with Crippen LogP contribution in [0.5, 0.6) is 0 Å². The smallest absolute Gasteiger partial charge is 0.481 e. The number of ether oxygens (including phenoxy) is 2. The number of nitrogens with zero attached hydrogens (tertiary/aromatic N) is 1. The van der Waals surface area contributed by atoms with Gasteiger partial charge in [-0.15, -0.1) is 0 Å². The molecule has 0 bridgehead atoms. The van der Waals surface area contributed by atoms with Gasteiger partial charge in [0.05, 0.1) is 20.0 Å². The first-order valence-corrected chi connectivity index (χ1v) is 9.45. The van der Waals surface area contributed by atoms with Crippen molar-refractivity contribution in [2.24, 2.45) is 0 Å². The molecular weight excluding hydrogens is 411 g/mol. The first kappa shape index (κ1) is 22.3. The van der Waals surface area contributed by atoms with E-state index in [4.69, 9.17) is 33.0 Å². The Morgan fingerprint density at radius 3 is 2.36 bits per heavy atom. The molecule has 1 aliphatic rings. The van der Waals surface area contributed by atoms with E-state index in [9.17, 15) is 14.4 Å². The minimum Gasteiger partial charge on any atom is -0.481 e. The summed E-state index contributed by atoms with van der Waals surface area (Å²) in [6.45, 7) is 1.29. The van der Waals surface area contributed by atoms with Crippen LogP contribution < -0.4 is 5.32 Å². The Morgan fingerprint density at radius 1 is 1.21 bits per heavy atom. The van der Waals surface area contributed by atoms with Gasteiger partial charge in [0.25, 0.3) is 0 Å². The first-order valence-electron chi connectivity index (χ1n) is 8.70. The van der Waals surface area contributed by atoms with E-state index in [-0.39, 0.29) is 12.8 Å². The third-order valence-electron chi connectivity index (χ3n) is 4.52. The van der Waals surface area contributed by atoms with Crippen molar-refractivity contribution in [3.63, 3.8) is 0 Å². The molecule has 1 aromatic rings. The Kier molecular flexibility index (Phi) is 7.91. The van der Waals surface area contributed by atoms with Gasteiger partial charge in [-0.25, -0.2) is 4.79 Å². The quantitative estimate of drug-likeness (QED) is 0.503. The number of nitrogens with one attached hydrogen (secondary N) is 1. The molecule has 154 valence electrons. The normalized spacial score (nSPS) is 16.2. The fraction of sp³-hybridized carbons (Fsp3) is 0.500. The molecule has 1 aromatic carbocycles. The van der Waals surface area contributed by atoms with Gasteiger partial charge in [-0.05, 0) is 17.7 Å². The number of likely N-dealkylation sites (tertiary alicyclic amines) is 1. The van der Waals surface area contributed by atoms with Crippen LogP contribution in [-0.4, -0.2) is 60.5 Å². The minimum absolute atomic E-state index is 0.0161. The van der Waals surface area contributed by atoms with Gasteiger partial charge in [-0.3, -0.25) is 9.59 Å². The van der Waals surface area contributed by atoms with Crippen LogP contribution in [0.1, 0.15) is 24.8 Å². The molecule has 0 spiro atoms. The predicted molar refractivity (Wildman–Crippen MR) is 102 cm³/mol. The number of benzene rings is 1. The standard InChI is InChI=1S/C18H22Cl2N2O6/c1-27-17(26)28-18(6-9-22(10-7-18)8-5-16(24)25)21-15(23)11-12-13(19)3-2-4-14(12)20/h2-4H,5-11H2,1H3,(H,21,23)(H,24,25). The number of piperidine rings is 1. The van der Waals surface area contributed by atoms with E-state index in [0.717, 1.165) is 0 Å². The van der Waals surface area contributed by atoms with Crippen molar-refractivity contribution in [3.05, 3.63) is 33.8 Å². The number of aliphatic carboxylic acids is 1. The number of halogens is 2. The molecule has 10 heteroatoms. The van der Waals surface area contributed by atoms with Crippen molar-refractivity contribution in [1.82, 2.24) is 10.2 Å². The predicted octanol–water partition coefficient (Wildman–Crippen LogP) is 2.70. The summed E-state index contributed by atoms with van der Waals surface area (Å²) >= 11 is 12.2. The zero-order chi connectivity index (χ0) is 20.7. The van der Waals surface area contributed by atoms with Gasteiger partial charge in [0.2, 0.25) is 5.91 Å². The summed E-state index contributed by atoms with van der Waals surface area (Å²) < 4.78 is 9.94. The molecule has 0 unspecified atom stereocenters. The number of amides is 1. The number of carboxylic acid groups (broad SMARTS) is 1. The highest BCUT2D eigenvalue weighted by Gasteiger charge is 2.40. The van der Waals surface area contributed by atoms with Crippen LogP contribution in [-0.2, 0) is 25.5 Å². The molecule has 1 aliphatic heterocycles. The molecule has 0 radical (unpaired) electrons. The Balaban J connectivity index is 2.06. The highest BCUT2D eigenvalue weighted by molar-refractivity contribution is 6.36. The second-order valence-electron chi connectivity index (χ2n) is 6.46. The molecule has 1 heterocycles. The summed E-state index contributed by atoms with van der Waals surface area (Å²) in [4.78, 5) is 37.0. The molecule has 2 N–H and O–H groups in total. The lowest BCUT2D eigenvalue weighted by atomic mass is 9.99. The van der Waals surface area contributed by atoms with Crippen molar-refractivity contribution < 1.29 is 29.0 Å². The maximum atomic E-state index is 12.6. The van der Waals surface area contributed by atoms with Gasteiger partial charge in [0.15, 0.2) is 5.72 Å². The molecule has 1 fully saturated rings. The van der Waals surface area contributed by atoms with E-state index in [1.807, 2.05) is 4.90 Å². The van der Waals surface area contributed by atoms with E-state index in [1.165, 1.54) is 7.11 Å². The van der Waals surface area contributed by atoms with Gasteiger partial charge < -0.3 is 24.8 Å². The van der Waals surface area contributed by atoms with Crippen LogP contribution >= 0.6 is 23.2 Å². The van der Waals surface area contributed by atoms with Crippen molar-refractivity contribution in [2.45, 2.75) is 31.4 Å². The highest BCUT2D eigenvalue weighted by Crippen LogP contribution is 2.27. The van der Waals surface area contributed by atoms with Crippen molar-refractivity contribution in [3.8, 4) is 0 Å². The Hall–Kier alpha value is -2.03. The summed E-state index contributed by atoms with van der Waals surface area (Å²) in [7, 11) is 1.18. The van der Waals surface area contributed by atoms with Crippen molar-refractivity contribution in [1.29, 1.82) is 0 Å². The number of rotatable bonds is 7. The maximum absolute atomic E-state index is 12.6. The van der Waals surface area contributed by atoms with E-state index in [2.05, 4.69) is 10.1 Å². The molecule has 0 saturated carbocycles. The number of carbonyl (C=O) groups excluding carboxylic acids is 2. The lowest BCUT2D eigenvalue weighted by Crippen LogP contribution is -2.58. The third-order valence-corrected chi connectivity index (χ3v) is 5.23. The Labute approximate surface area is 172 Å². The lowest BCUT2D eigenvalue weighted by Gasteiger charge is -2.40. The SMILES string of the molecule is COC(=O)OC1(NC(=O)Cc2c(Cl)cccc2Cl)CCN(CCC(=O)O)CC1. The number of carboxylic acids is 1. The molecule has 2 rings (SSSR count). The number of hydrogen-bond acceptors (Lipinski definition) is 6. The lowest BCUT2D eigenvalue weighted by molar-refractivity contribution is -0.137. The zero-order valence-corrected chi connectivity index (χ0v) is 16.9. The Bertz CT molecular complexity index is 715. The maximum Gasteiger partial charge on any atom is 0.510 e. The molecular formula is C18H22Cl2N2O6. The largest absolute Gasteiger partial charge is 0.510 e. The van der Waals surface area contributed by atoms with Gasteiger partial charge in [-0.2, -0.15) is 0 Å². The fourth-order valence-corrected chi connectivity index (χ4v) is 3.54. The van der Waals surface area contributed by atoms with Crippen LogP contribution in [0.15, 0.2) is 18.2 Å². The van der Waals surface area contributed by atoms with Crippen molar-refractivity contribution in [2.75, 3.05) is 26.7 Å². The summed E-state index contributed by atoms with van der Waals surface area (Å²) in [6, 6.07) is 4.95. The number of carbonyl (C=O) groups is 3. The van der Waals surface area contributed by atoms with Gasteiger partial charge in [-0.1, -0.05) is 29.3 Å². The minimum atomic E-state index is -1.24. The molecule has 8 nitrogen and oxygen atoms in total.